The number of carbonyl (C=O) groups is 1. The van der Waals surface area contributed by atoms with Gasteiger partial charge in [-0.05, 0) is 38.8 Å². The molecule has 0 radical (unpaired) electrons. The van der Waals surface area contributed by atoms with Crippen LogP contribution >= 0.6 is 0 Å². The summed E-state index contributed by atoms with van der Waals surface area (Å²) in [6.07, 6.45) is 12.2. The molecule has 1 heterocycles. The van der Waals surface area contributed by atoms with Gasteiger partial charge in [0.1, 0.15) is 0 Å². The van der Waals surface area contributed by atoms with Crippen LogP contribution in [0.15, 0.2) is 0 Å². The summed E-state index contributed by atoms with van der Waals surface area (Å²) in [5.41, 5.74) is 0. The number of carbonyl (C=O) groups excluding carboxylic acids is 1. The molecule has 1 amide bonds. The summed E-state index contributed by atoms with van der Waals surface area (Å²) in [4.78, 5) is 14.3. The topological polar surface area (TPSA) is 32.3 Å². The van der Waals surface area contributed by atoms with E-state index in [4.69, 9.17) is 0 Å². The molecule has 1 N–H and O–H groups in total. The van der Waals surface area contributed by atoms with Gasteiger partial charge in [-0.15, -0.1) is 0 Å². The summed E-state index contributed by atoms with van der Waals surface area (Å²) in [6, 6.07) is 0. The molecule has 0 saturated carbocycles. The molecule has 20 heavy (non-hydrogen) atoms. The Labute approximate surface area is 125 Å². The lowest BCUT2D eigenvalue weighted by Gasteiger charge is -2.32. The van der Waals surface area contributed by atoms with Gasteiger partial charge in [-0.25, -0.2) is 0 Å². The number of piperidine rings is 1. The highest BCUT2D eigenvalue weighted by Gasteiger charge is 2.22. The summed E-state index contributed by atoms with van der Waals surface area (Å²) >= 11 is 0. The molecule has 1 aliphatic heterocycles. The monoisotopic (exact) mass is 282 g/mol. The van der Waals surface area contributed by atoms with Crippen LogP contribution in [0.5, 0.6) is 0 Å². The highest BCUT2D eigenvalue weighted by Crippen LogP contribution is 2.17. The Morgan fingerprint density at radius 2 is 1.85 bits per heavy atom. The van der Waals surface area contributed by atoms with Crippen LogP contribution in [0.25, 0.3) is 0 Å². The Morgan fingerprint density at radius 3 is 2.55 bits per heavy atom. The summed E-state index contributed by atoms with van der Waals surface area (Å²) in [5.74, 6) is 1.05. The van der Waals surface area contributed by atoms with Crippen molar-refractivity contribution < 1.29 is 4.79 Å². The van der Waals surface area contributed by atoms with Gasteiger partial charge in [0.15, 0.2) is 0 Å². The Bertz CT molecular complexity index is 253. The van der Waals surface area contributed by atoms with Gasteiger partial charge in [0.2, 0.25) is 5.91 Å². The molecule has 0 bridgehead atoms. The van der Waals surface area contributed by atoms with E-state index in [0.29, 0.717) is 11.8 Å². The second-order valence-corrected chi connectivity index (χ2v) is 6.28. The zero-order valence-electron chi connectivity index (χ0n) is 13.6. The summed E-state index contributed by atoms with van der Waals surface area (Å²) < 4.78 is 0. The fourth-order valence-electron chi connectivity index (χ4n) is 3.14. The first-order valence-corrected chi connectivity index (χ1v) is 8.70. The Hall–Kier alpha value is -0.570. The Balaban J connectivity index is 2.06. The largest absolute Gasteiger partial charge is 0.342 e. The predicted octanol–water partition coefficient (Wildman–Crippen LogP) is 3.59. The van der Waals surface area contributed by atoms with Crippen molar-refractivity contribution in [2.75, 3.05) is 26.7 Å². The number of nitrogens with zero attached hydrogens (tertiary/aromatic N) is 1. The van der Waals surface area contributed by atoms with Crippen LogP contribution < -0.4 is 5.32 Å². The van der Waals surface area contributed by atoms with Gasteiger partial charge in [-0.2, -0.15) is 0 Å². The average molecular weight is 282 g/mol. The molecular weight excluding hydrogens is 248 g/mol. The molecule has 1 atom stereocenters. The van der Waals surface area contributed by atoms with Crippen LogP contribution in [0.3, 0.4) is 0 Å². The molecule has 0 spiro atoms. The van der Waals surface area contributed by atoms with E-state index in [9.17, 15) is 4.79 Å². The number of rotatable bonds is 10. The van der Waals surface area contributed by atoms with Crippen LogP contribution in [0, 0.1) is 5.92 Å². The molecule has 3 nitrogen and oxygen atoms in total. The lowest BCUT2D eigenvalue weighted by Crippen LogP contribution is -2.42. The molecule has 118 valence electrons. The average Bonchev–Trinajstić information content (AvgIpc) is 2.47. The molecule has 0 aromatic heterocycles. The molecule has 3 heteroatoms. The first kappa shape index (κ1) is 17.5. The van der Waals surface area contributed by atoms with E-state index in [1.165, 1.54) is 51.4 Å². The normalized spacial score (nSPS) is 19.3. The molecule has 0 aromatic rings. The number of hydrogen-bond donors (Lipinski definition) is 1. The van der Waals surface area contributed by atoms with Crippen LogP contribution in [0.2, 0.25) is 0 Å². The first-order chi connectivity index (χ1) is 9.77. The quantitative estimate of drug-likeness (QED) is 0.621. The fraction of sp³-hybridized carbons (Fsp3) is 0.941. The predicted molar refractivity (Wildman–Crippen MR) is 85.8 cm³/mol. The zero-order chi connectivity index (χ0) is 14.6. The molecule has 0 aromatic carbocycles. The fourth-order valence-corrected chi connectivity index (χ4v) is 3.14. The molecule has 1 unspecified atom stereocenters. The zero-order valence-corrected chi connectivity index (χ0v) is 13.6. The van der Waals surface area contributed by atoms with E-state index in [0.717, 1.165) is 32.5 Å². The number of likely N-dealkylation sites (tertiary alicyclic amines) is 1. The van der Waals surface area contributed by atoms with Gasteiger partial charge in [0.25, 0.3) is 0 Å². The van der Waals surface area contributed by atoms with Crippen molar-refractivity contribution in [3.05, 3.63) is 0 Å². The summed E-state index contributed by atoms with van der Waals surface area (Å²) in [7, 11) is 2.00. The Morgan fingerprint density at radius 1 is 1.15 bits per heavy atom. The van der Waals surface area contributed by atoms with Gasteiger partial charge in [0, 0.05) is 19.5 Å². The van der Waals surface area contributed by atoms with Gasteiger partial charge < -0.3 is 10.2 Å². The van der Waals surface area contributed by atoms with Gasteiger partial charge in [-0.1, -0.05) is 45.4 Å². The molecule has 1 rings (SSSR count). The molecule has 1 fully saturated rings. The third-order valence-corrected chi connectivity index (χ3v) is 4.36. The first-order valence-electron chi connectivity index (χ1n) is 8.70. The molecule has 0 aliphatic carbocycles. The van der Waals surface area contributed by atoms with E-state index in [1.807, 2.05) is 7.05 Å². The standard InChI is InChI=1S/C17H34N2O/c1-3-4-5-6-7-8-9-12-17(20)19-13-10-11-16(15-19)14-18-2/h16,18H,3-15H2,1-2H3. The van der Waals surface area contributed by atoms with E-state index in [2.05, 4.69) is 17.1 Å². The van der Waals surface area contributed by atoms with Crippen molar-refractivity contribution in [1.82, 2.24) is 10.2 Å². The van der Waals surface area contributed by atoms with Crippen molar-refractivity contribution in [3.8, 4) is 0 Å². The molecular formula is C17H34N2O. The third-order valence-electron chi connectivity index (χ3n) is 4.36. The van der Waals surface area contributed by atoms with Crippen molar-refractivity contribution in [2.24, 2.45) is 5.92 Å². The molecule has 1 aliphatic rings. The van der Waals surface area contributed by atoms with Crippen molar-refractivity contribution in [2.45, 2.75) is 71.1 Å². The maximum atomic E-state index is 12.2. The Kier molecular flexibility index (Phi) is 9.73. The SMILES string of the molecule is CCCCCCCCCC(=O)N1CCCC(CNC)C1. The van der Waals surface area contributed by atoms with Crippen LogP contribution in [0.1, 0.15) is 71.1 Å². The van der Waals surface area contributed by atoms with E-state index in [-0.39, 0.29) is 0 Å². The smallest absolute Gasteiger partial charge is 0.222 e. The number of amides is 1. The van der Waals surface area contributed by atoms with Crippen LogP contribution in [-0.4, -0.2) is 37.5 Å². The van der Waals surface area contributed by atoms with Crippen molar-refractivity contribution in [3.63, 3.8) is 0 Å². The number of nitrogens with one attached hydrogen (secondary N) is 1. The third kappa shape index (κ3) is 7.28. The molecule has 1 saturated heterocycles. The van der Waals surface area contributed by atoms with Crippen molar-refractivity contribution >= 4 is 5.91 Å². The second kappa shape index (κ2) is 11.1. The maximum Gasteiger partial charge on any atom is 0.222 e. The second-order valence-electron chi connectivity index (χ2n) is 6.28. The number of hydrogen-bond acceptors (Lipinski definition) is 2. The van der Waals surface area contributed by atoms with Crippen LogP contribution in [0.4, 0.5) is 0 Å². The maximum absolute atomic E-state index is 12.2. The van der Waals surface area contributed by atoms with Gasteiger partial charge in [-0.3, -0.25) is 4.79 Å². The van der Waals surface area contributed by atoms with E-state index in [1.54, 1.807) is 0 Å². The van der Waals surface area contributed by atoms with E-state index < -0.39 is 0 Å². The highest BCUT2D eigenvalue weighted by molar-refractivity contribution is 5.76. The number of unbranched alkanes of at least 4 members (excludes halogenated alkanes) is 6. The lowest BCUT2D eigenvalue weighted by atomic mass is 9.97. The highest BCUT2D eigenvalue weighted by atomic mass is 16.2. The van der Waals surface area contributed by atoms with Crippen molar-refractivity contribution in [1.29, 1.82) is 0 Å². The minimum atomic E-state index is 0.388. The minimum Gasteiger partial charge on any atom is -0.342 e. The van der Waals surface area contributed by atoms with Crippen LogP contribution in [-0.2, 0) is 4.79 Å². The summed E-state index contributed by atoms with van der Waals surface area (Å²) in [5, 5.41) is 3.24. The van der Waals surface area contributed by atoms with E-state index >= 15 is 0 Å². The van der Waals surface area contributed by atoms with Gasteiger partial charge in [0.05, 0.1) is 0 Å². The lowest BCUT2D eigenvalue weighted by molar-refractivity contribution is -0.133. The summed E-state index contributed by atoms with van der Waals surface area (Å²) in [6.45, 7) is 5.24. The van der Waals surface area contributed by atoms with Gasteiger partial charge >= 0.3 is 0 Å². The minimum absolute atomic E-state index is 0.388.